The molecule has 1 heterocycles. The summed E-state index contributed by atoms with van der Waals surface area (Å²) in [6, 6.07) is -0.0224. The van der Waals surface area contributed by atoms with E-state index in [1.165, 1.54) is 0 Å². The number of nitrogens with one attached hydrogen (secondary N) is 1. The number of aromatic nitrogens is 2. The molecule has 0 bridgehead atoms. The van der Waals surface area contributed by atoms with Crippen LogP contribution in [0, 0.1) is 0 Å². The highest BCUT2D eigenvalue weighted by Gasteiger charge is 2.17. The van der Waals surface area contributed by atoms with Gasteiger partial charge in [0.1, 0.15) is 5.75 Å². The van der Waals surface area contributed by atoms with E-state index in [4.69, 9.17) is 4.52 Å². The van der Waals surface area contributed by atoms with Gasteiger partial charge in [0, 0.05) is 6.26 Å². The second-order valence-corrected chi connectivity index (χ2v) is 5.51. The van der Waals surface area contributed by atoms with Crippen molar-refractivity contribution in [1.82, 2.24) is 15.5 Å². The summed E-state index contributed by atoms with van der Waals surface area (Å²) >= 11 is 0. The summed E-state index contributed by atoms with van der Waals surface area (Å²) in [4.78, 5) is 4.02. The Hall–Kier alpha value is -0.950. The van der Waals surface area contributed by atoms with Crippen LogP contribution in [0.3, 0.4) is 0 Å². The van der Waals surface area contributed by atoms with Crippen molar-refractivity contribution in [2.24, 2.45) is 0 Å². The molecule has 0 fully saturated rings. The number of hydrogen-bond acceptors (Lipinski definition) is 6. The van der Waals surface area contributed by atoms with Crippen molar-refractivity contribution in [3.63, 3.8) is 0 Å². The van der Waals surface area contributed by atoms with Crippen LogP contribution < -0.4 is 5.32 Å². The lowest BCUT2D eigenvalue weighted by Crippen LogP contribution is -2.15. The van der Waals surface area contributed by atoms with Gasteiger partial charge in [0.2, 0.25) is 5.89 Å². The van der Waals surface area contributed by atoms with Gasteiger partial charge in [-0.1, -0.05) is 12.1 Å². The Kier molecular flexibility index (Phi) is 3.81. The van der Waals surface area contributed by atoms with Crippen LogP contribution in [-0.2, 0) is 15.6 Å². The van der Waals surface area contributed by atoms with E-state index in [1.54, 1.807) is 7.05 Å². The monoisotopic (exact) mass is 233 g/mol. The third-order valence-electron chi connectivity index (χ3n) is 1.93. The maximum atomic E-state index is 11.0. The molecule has 0 amide bonds. The van der Waals surface area contributed by atoms with Crippen molar-refractivity contribution in [3.8, 4) is 0 Å². The number of rotatable bonds is 5. The first kappa shape index (κ1) is 12.1. The summed E-state index contributed by atoms with van der Waals surface area (Å²) in [7, 11) is -1.32. The van der Waals surface area contributed by atoms with Crippen LogP contribution >= 0.6 is 0 Å². The first-order valence-electron chi connectivity index (χ1n) is 4.63. The van der Waals surface area contributed by atoms with Gasteiger partial charge in [-0.2, -0.15) is 4.98 Å². The quantitative estimate of drug-likeness (QED) is 0.786. The molecule has 0 radical (unpaired) electrons. The molecule has 1 aromatic rings. The van der Waals surface area contributed by atoms with E-state index >= 15 is 0 Å². The van der Waals surface area contributed by atoms with Crippen LogP contribution in [0.15, 0.2) is 4.52 Å². The Morgan fingerprint density at radius 1 is 1.53 bits per heavy atom. The average Bonchev–Trinajstić information content (AvgIpc) is 2.52. The van der Waals surface area contributed by atoms with Crippen LogP contribution in [0.4, 0.5) is 0 Å². The van der Waals surface area contributed by atoms with Gasteiger partial charge in [-0.25, -0.2) is 8.42 Å². The fraction of sp³-hybridized carbons (Fsp3) is 0.750. The predicted octanol–water partition coefficient (Wildman–Crippen LogP) is 0.285. The Morgan fingerprint density at radius 2 is 2.20 bits per heavy atom. The lowest BCUT2D eigenvalue weighted by molar-refractivity contribution is 0.332. The van der Waals surface area contributed by atoms with Crippen LogP contribution in [0.25, 0.3) is 0 Å². The third-order valence-corrected chi connectivity index (χ3v) is 2.71. The predicted molar refractivity (Wildman–Crippen MR) is 54.9 cm³/mol. The Balaban J connectivity index is 2.80. The lowest BCUT2D eigenvalue weighted by Gasteiger charge is -2.06. The molecule has 0 aliphatic heterocycles. The van der Waals surface area contributed by atoms with Crippen LogP contribution in [0.1, 0.15) is 31.1 Å². The average molecular weight is 233 g/mol. The minimum Gasteiger partial charge on any atom is -0.338 e. The fourth-order valence-electron chi connectivity index (χ4n) is 1.20. The molecule has 15 heavy (non-hydrogen) atoms. The van der Waals surface area contributed by atoms with Crippen LogP contribution in [-0.4, -0.2) is 31.9 Å². The van der Waals surface area contributed by atoms with E-state index in [0.29, 0.717) is 5.89 Å². The van der Waals surface area contributed by atoms with E-state index in [0.717, 1.165) is 12.7 Å². The molecular formula is C8H15N3O3S. The number of nitrogens with zero attached hydrogens (tertiary/aromatic N) is 2. The zero-order valence-corrected chi connectivity index (χ0v) is 9.84. The van der Waals surface area contributed by atoms with Crippen molar-refractivity contribution in [2.75, 3.05) is 13.3 Å². The maximum Gasteiger partial charge on any atom is 0.243 e. The standard InChI is InChI=1S/C8H15N3O3S/c1-4-6(9-2)8-10-7(11-14-8)5-15(3,12)13/h6,9H,4-5H2,1-3H3. The summed E-state index contributed by atoms with van der Waals surface area (Å²) in [5.41, 5.74) is 0. The molecule has 0 saturated carbocycles. The molecule has 1 rings (SSSR count). The second kappa shape index (κ2) is 4.71. The van der Waals surface area contributed by atoms with Crippen LogP contribution in [0.2, 0.25) is 0 Å². The summed E-state index contributed by atoms with van der Waals surface area (Å²) in [5, 5.41) is 6.61. The molecule has 1 atom stereocenters. The minimum absolute atomic E-state index is 0.0224. The summed E-state index contributed by atoms with van der Waals surface area (Å²) < 4.78 is 26.9. The van der Waals surface area contributed by atoms with Gasteiger partial charge in [0.15, 0.2) is 15.7 Å². The molecule has 1 N–H and O–H groups in total. The highest BCUT2D eigenvalue weighted by Crippen LogP contribution is 2.13. The van der Waals surface area contributed by atoms with Crippen molar-refractivity contribution in [2.45, 2.75) is 25.1 Å². The summed E-state index contributed by atoms with van der Waals surface area (Å²) in [6.07, 6.45) is 1.94. The largest absolute Gasteiger partial charge is 0.338 e. The SMILES string of the molecule is CCC(NC)c1nc(CS(C)(=O)=O)no1. The second-order valence-electron chi connectivity index (χ2n) is 3.37. The van der Waals surface area contributed by atoms with E-state index in [2.05, 4.69) is 15.5 Å². The van der Waals surface area contributed by atoms with E-state index in [1.807, 2.05) is 6.92 Å². The minimum atomic E-state index is -3.11. The lowest BCUT2D eigenvalue weighted by atomic mass is 10.2. The van der Waals surface area contributed by atoms with Gasteiger partial charge in [-0.3, -0.25) is 0 Å². The number of hydrogen-bond donors (Lipinski definition) is 1. The van der Waals surface area contributed by atoms with Gasteiger partial charge >= 0.3 is 0 Å². The van der Waals surface area contributed by atoms with E-state index in [-0.39, 0.29) is 17.6 Å². The molecule has 0 aromatic carbocycles. The molecule has 7 heteroatoms. The molecular weight excluding hydrogens is 218 g/mol. The van der Waals surface area contributed by atoms with Crippen LogP contribution in [0.5, 0.6) is 0 Å². The summed E-state index contributed by atoms with van der Waals surface area (Å²) in [5.74, 6) is 0.455. The third kappa shape index (κ3) is 3.60. The topological polar surface area (TPSA) is 85.1 Å². The van der Waals surface area contributed by atoms with Gasteiger partial charge in [-0.15, -0.1) is 0 Å². The van der Waals surface area contributed by atoms with Crippen molar-refractivity contribution in [3.05, 3.63) is 11.7 Å². The van der Waals surface area contributed by atoms with E-state index in [9.17, 15) is 8.42 Å². The normalized spacial score (nSPS) is 14.1. The maximum absolute atomic E-state index is 11.0. The molecule has 0 aliphatic carbocycles. The van der Waals surface area contributed by atoms with Gasteiger partial charge in [0.25, 0.3) is 0 Å². The molecule has 1 aromatic heterocycles. The van der Waals surface area contributed by atoms with Gasteiger partial charge < -0.3 is 9.84 Å². The number of sulfone groups is 1. The van der Waals surface area contributed by atoms with Crippen molar-refractivity contribution >= 4 is 9.84 Å². The first-order chi connectivity index (χ1) is 6.96. The summed E-state index contributed by atoms with van der Waals surface area (Å²) in [6.45, 7) is 1.97. The fourth-order valence-corrected chi connectivity index (χ4v) is 1.79. The molecule has 0 saturated heterocycles. The molecule has 0 aliphatic rings. The smallest absolute Gasteiger partial charge is 0.243 e. The zero-order valence-electron chi connectivity index (χ0n) is 9.02. The molecule has 0 spiro atoms. The first-order valence-corrected chi connectivity index (χ1v) is 6.69. The molecule has 1 unspecified atom stereocenters. The van der Waals surface area contributed by atoms with Gasteiger partial charge in [0.05, 0.1) is 6.04 Å². The van der Waals surface area contributed by atoms with Crippen molar-refractivity contribution < 1.29 is 12.9 Å². The van der Waals surface area contributed by atoms with Gasteiger partial charge in [-0.05, 0) is 13.5 Å². The molecule has 6 nitrogen and oxygen atoms in total. The molecule has 86 valence electrons. The Labute approximate surface area is 89.0 Å². The highest BCUT2D eigenvalue weighted by atomic mass is 32.2. The van der Waals surface area contributed by atoms with Crippen molar-refractivity contribution in [1.29, 1.82) is 0 Å². The zero-order chi connectivity index (χ0) is 11.5. The Morgan fingerprint density at radius 3 is 2.67 bits per heavy atom. The Bertz CT molecular complexity index is 409. The van der Waals surface area contributed by atoms with E-state index < -0.39 is 9.84 Å². The highest BCUT2D eigenvalue weighted by molar-refractivity contribution is 7.89.